The lowest BCUT2D eigenvalue weighted by molar-refractivity contribution is -0.133. The molecule has 1 aliphatic heterocycles. The minimum absolute atomic E-state index is 0.0274. The van der Waals surface area contributed by atoms with Crippen LogP contribution in [0.15, 0.2) is 46.9 Å². The second-order valence-electron chi connectivity index (χ2n) is 8.23. The maximum atomic E-state index is 12.7. The van der Waals surface area contributed by atoms with Gasteiger partial charge in [0.15, 0.2) is 6.61 Å². The number of carbonyl (C=O) groups excluding carboxylic acids is 1. The van der Waals surface area contributed by atoms with Gasteiger partial charge in [-0.15, -0.1) is 0 Å². The van der Waals surface area contributed by atoms with E-state index in [0.29, 0.717) is 13.1 Å². The predicted octanol–water partition coefficient (Wildman–Crippen LogP) is 4.05. The van der Waals surface area contributed by atoms with E-state index in [1.165, 1.54) is 18.4 Å². The predicted molar refractivity (Wildman–Crippen MR) is 120 cm³/mol. The van der Waals surface area contributed by atoms with Gasteiger partial charge in [0.25, 0.3) is 5.91 Å². The Morgan fingerprint density at radius 2 is 1.84 bits per heavy atom. The number of anilines is 1. The third-order valence-electron chi connectivity index (χ3n) is 6.34. The van der Waals surface area contributed by atoms with Crippen molar-refractivity contribution in [2.75, 3.05) is 44.8 Å². The van der Waals surface area contributed by atoms with Crippen molar-refractivity contribution in [1.29, 1.82) is 0 Å². The lowest BCUT2D eigenvalue weighted by Gasteiger charge is -2.36. The molecule has 1 saturated heterocycles. The molecule has 1 aromatic heterocycles. The summed E-state index contributed by atoms with van der Waals surface area (Å²) in [5, 5.41) is 1.13. The lowest BCUT2D eigenvalue weighted by Crippen LogP contribution is -2.50. The molecule has 162 valence electrons. The number of ether oxygens (including phenoxy) is 2. The topological polar surface area (TPSA) is 55.2 Å². The zero-order valence-electron chi connectivity index (χ0n) is 17.9. The Labute approximate surface area is 182 Å². The van der Waals surface area contributed by atoms with Gasteiger partial charge >= 0.3 is 0 Å². The van der Waals surface area contributed by atoms with Crippen LogP contribution >= 0.6 is 0 Å². The van der Waals surface area contributed by atoms with Crippen LogP contribution in [-0.2, 0) is 17.6 Å². The number of benzene rings is 2. The fourth-order valence-corrected chi connectivity index (χ4v) is 4.59. The monoisotopic (exact) mass is 420 g/mol. The molecule has 0 N–H and O–H groups in total. The number of amides is 1. The highest BCUT2D eigenvalue weighted by molar-refractivity contribution is 5.84. The summed E-state index contributed by atoms with van der Waals surface area (Å²) in [5.41, 5.74) is 3.35. The largest absolute Gasteiger partial charge is 0.497 e. The summed E-state index contributed by atoms with van der Waals surface area (Å²) >= 11 is 0. The summed E-state index contributed by atoms with van der Waals surface area (Å²) in [4.78, 5) is 16.9. The Kier molecular flexibility index (Phi) is 5.45. The van der Waals surface area contributed by atoms with Crippen molar-refractivity contribution in [2.45, 2.75) is 25.7 Å². The smallest absolute Gasteiger partial charge is 0.260 e. The van der Waals surface area contributed by atoms with Gasteiger partial charge in [-0.25, -0.2) is 0 Å². The highest BCUT2D eigenvalue weighted by Crippen LogP contribution is 2.34. The number of nitrogens with zero attached hydrogens (tertiary/aromatic N) is 2. The van der Waals surface area contributed by atoms with Crippen LogP contribution in [0.25, 0.3) is 11.0 Å². The number of methoxy groups -OCH3 is 1. The average Bonchev–Trinajstić information content (AvgIpc) is 3.20. The molecule has 2 heterocycles. The van der Waals surface area contributed by atoms with Crippen molar-refractivity contribution < 1.29 is 18.7 Å². The molecule has 1 fully saturated rings. The maximum absolute atomic E-state index is 12.7. The van der Waals surface area contributed by atoms with E-state index in [0.717, 1.165) is 59.8 Å². The average molecular weight is 421 g/mol. The van der Waals surface area contributed by atoms with E-state index in [9.17, 15) is 4.79 Å². The van der Waals surface area contributed by atoms with E-state index in [1.807, 2.05) is 41.3 Å². The molecule has 0 bridgehead atoms. The van der Waals surface area contributed by atoms with Gasteiger partial charge in [-0.3, -0.25) is 4.79 Å². The minimum atomic E-state index is 0.0274. The van der Waals surface area contributed by atoms with Crippen LogP contribution < -0.4 is 14.4 Å². The molecule has 0 unspecified atom stereocenters. The standard InChI is InChI=1S/C25H28N2O4/c1-29-19-6-4-5-18(15-19)26-11-13-27(14-12-26)25(28)17-30-20-9-10-24-22(16-20)21-7-2-3-8-23(21)31-24/h4-6,9-10,15-16H,2-3,7-8,11-14,17H2,1H3. The fourth-order valence-electron chi connectivity index (χ4n) is 4.59. The van der Waals surface area contributed by atoms with Gasteiger partial charge in [-0.2, -0.15) is 0 Å². The summed E-state index contributed by atoms with van der Waals surface area (Å²) in [6, 6.07) is 13.9. The van der Waals surface area contributed by atoms with Crippen LogP contribution in [0.2, 0.25) is 0 Å². The quantitative estimate of drug-likeness (QED) is 0.623. The van der Waals surface area contributed by atoms with Crippen LogP contribution in [0, 0.1) is 0 Å². The number of aryl methyl sites for hydroxylation is 2. The summed E-state index contributed by atoms with van der Waals surface area (Å²) in [7, 11) is 1.68. The van der Waals surface area contributed by atoms with Crippen molar-refractivity contribution in [2.24, 2.45) is 0 Å². The van der Waals surface area contributed by atoms with Crippen LogP contribution in [0.3, 0.4) is 0 Å². The van der Waals surface area contributed by atoms with Crippen molar-refractivity contribution in [1.82, 2.24) is 4.90 Å². The maximum Gasteiger partial charge on any atom is 0.260 e. The molecule has 0 spiro atoms. The van der Waals surface area contributed by atoms with E-state index in [-0.39, 0.29) is 12.5 Å². The molecule has 0 atom stereocenters. The molecule has 2 aromatic carbocycles. The molecule has 0 saturated carbocycles. The van der Waals surface area contributed by atoms with Gasteiger partial charge in [0.2, 0.25) is 0 Å². The van der Waals surface area contributed by atoms with Crippen molar-refractivity contribution in [3.05, 3.63) is 53.8 Å². The summed E-state index contributed by atoms with van der Waals surface area (Å²) in [6.45, 7) is 3.03. The van der Waals surface area contributed by atoms with Gasteiger partial charge in [0, 0.05) is 55.3 Å². The molecule has 6 nitrogen and oxygen atoms in total. The number of rotatable bonds is 5. The molecule has 0 radical (unpaired) electrons. The highest BCUT2D eigenvalue weighted by Gasteiger charge is 2.22. The van der Waals surface area contributed by atoms with Gasteiger partial charge in [0.05, 0.1) is 7.11 Å². The third kappa shape index (κ3) is 4.07. The van der Waals surface area contributed by atoms with Gasteiger partial charge in [-0.05, 0) is 49.6 Å². The molecular weight excluding hydrogens is 392 g/mol. The van der Waals surface area contributed by atoms with Crippen LogP contribution in [0.5, 0.6) is 11.5 Å². The number of hydrogen-bond acceptors (Lipinski definition) is 5. The van der Waals surface area contributed by atoms with Crippen LogP contribution in [-0.4, -0.2) is 50.7 Å². The lowest BCUT2D eigenvalue weighted by atomic mass is 9.96. The first kappa shape index (κ1) is 19.8. The van der Waals surface area contributed by atoms with E-state index < -0.39 is 0 Å². The zero-order chi connectivity index (χ0) is 21.2. The first-order chi connectivity index (χ1) is 15.2. The summed E-state index contributed by atoms with van der Waals surface area (Å²) < 4.78 is 17.2. The van der Waals surface area contributed by atoms with E-state index in [2.05, 4.69) is 11.0 Å². The Balaban J connectivity index is 1.18. The SMILES string of the molecule is COc1cccc(N2CCN(C(=O)COc3ccc4oc5c(c4c3)CCCC5)CC2)c1. The number of carbonyl (C=O) groups is 1. The molecule has 1 amide bonds. The van der Waals surface area contributed by atoms with Gasteiger partial charge in [-0.1, -0.05) is 6.07 Å². The highest BCUT2D eigenvalue weighted by atomic mass is 16.5. The van der Waals surface area contributed by atoms with Crippen molar-refractivity contribution >= 4 is 22.6 Å². The number of fused-ring (bicyclic) bond motifs is 3. The van der Waals surface area contributed by atoms with E-state index in [1.54, 1.807) is 7.11 Å². The van der Waals surface area contributed by atoms with E-state index in [4.69, 9.17) is 13.9 Å². The Bertz CT molecular complexity index is 1080. The third-order valence-corrected chi connectivity index (χ3v) is 6.34. The van der Waals surface area contributed by atoms with Gasteiger partial charge < -0.3 is 23.7 Å². The van der Waals surface area contributed by atoms with Crippen LogP contribution in [0.1, 0.15) is 24.2 Å². The molecule has 5 rings (SSSR count). The minimum Gasteiger partial charge on any atom is -0.497 e. The second kappa shape index (κ2) is 8.53. The Morgan fingerprint density at radius 1 is 1.00 bits per heavy atom. The molecule has 2 aliphatic rings. The summed E-state index contributed by atoms with van der Waals surface area (Å²) in [5.74, 6) is 2.72. The Hall–Kier alpha value is -3.15. The van der Waals surface area contributed by atoms with Crippen molar-refractivity contribution in [3.63, 3.8) is 0 Å². The number of piperazine rings is 1. The number of furan rings is 1. The Morgan fingerprint density at radius 3 is 2.68 bits per heavy atom. The fraction of sp³-hybridized carbons (Fsp3) is 0.400. The molecule has 1 aliphatic carbocycles. The molecular formula is C25H28N2O4. The van der Waals surface area contributed by atoms with Gasteiger partial charge in [0.1, 0.15) is 22.8 Å². The first-order valence-corrected chi connectivity index (χ1v) is 11.0. The number of hydrogen-bond donors (Lipinski definition) is 0. The normalized spacial score (nSPS) is 16.3. The zero-order valence-corrected chi connectivity index (χ0v) is 17.9. The van der Waals surface area contributed by atoms with E-state index >= 15 is 0 Å². The van der Waals surface area contributed by atoms with Crippen molar-refractivity contribution in [3.8, 4) is 11.5 Å². The second-order valence-corrected chi connectivity index (χ2v) is 8.23. The van der Waals surface area contributed by atoms with Crippen LogP contribution in [0.4, 0.5) is 5.69 Å². The molecule has 3 aromatic rings. The summed E-state index contributed by atoms with van der Waals surface area (Å²) in [6.07, 6.45) is 4.46. The molecule has 6 heteroatoms. The molecule has 31 heavy (non-hydrogen) atoms. The first-order valence-electron chi connectivity index (χ1n) is 11.0.